The monoisotopic (exact) mass is 332 g/mol. The van der Waals surface area contributed by atoms with Crippen molar-refractivity contribution in [2.24, 2.45) is 0 Å². The van der Waals surface area contributed by atoms with E-state index in [4.69, 9.17) is 4.74 Å². The largest absolute Gasteiger partial charge is 0.367 e. The minimum Gasteiger partial charge on any atom is -0.367 e. The lowest BCUT2D eigenvalue weighted by Crippen LogP contribution is -2.50. The van der Waals surface area contributed by atoms with Crippen LogP contribution in [0, 0.1) is 0 Å². The van der Waals surface area contributed by atoms with Crippen molar-refractivity contribution in [3.05, 3.63) is 47.0 Å². The highest BCUT2D eigenvalue weighted by Crippen LogP contribution is 2.31. The first kappa shape index (κ1) is 16.1. The van der Waals surface area contributed by atoms with Crippen LogP contribution in [0.15, 0.2) is 41.4 Å². The molecule has 3 rings (SSSR count). The lowest BCUT2D eigenvalue weighted by Gasteiger charge is -2.40. The van der Waals surface area contributed by atoms with Crippen LogP contribution in [0.25, 0.3) is 0 Å². The van der Waals surface area contributed by atoms with Gasteiger partial charge in [0.15, 0.2) is 0 Å². The van der Waals surface area contributed by atoms with Crippen LogP contribution in [-0.4, -0.2) is 54.1 Å². The number of benzene rings is 1. The van der Waals surface area contributed by atoms with Crippen molar-refractivity contribution in [1.82, 2.24) is 9.80 Å². The van der Waals surface area contributed by atoms with Crippen molar-refractivity contribution in [2.75, 3.05) is 32.5 Å². The van der Waals surface area contributed by atoms with Gasteiger partial charge in [-0.1, -0.05) is 42.1 Å². The number of ether oxygens (including phenoxy) is 1. The second kappa shape index (κ2) is 6.37. The number of morpholine rings is 1. The fourth-order valence-corrected chi connectivity index (χ4v) is 3.76. The topological polar surface area (TPSA) is 49.9 Å². The summed E-state index contributed by atoms with van der Waals surface area (Å²) in [5, 5.41) is 0.716. The van der Waals surface area contributed by atoms with Crippen LogP contribution in [-0.2, 0) is 19.9 Å². The third-order valence-corrected chi connectivity index (χ3v) is 5.34. The molecule has 0 bridgehead atoms. The van der Waals surface area contributed by atoms with Gasteiger partial charge in [-0.25, -0.2) is 0 Å². The summed E-state index contributed by atoms with van der Waals surface area (Å²) in [6.45, 7) is 3.58. The van der Waals surface area contributed by atoms with Crippen LogP contribution < -0.4 is 0 Å². The molecular formula is C17H20N2O3S. The van der Waals surface area contributed by atoms with Crippen molar-refractivity contribution < 1.29 is 14.3 Å². The van der Waals surface area contributed by atoms with E-state index < -0.39 is 5.60 Å². The molecule has 5 nitrogen and oxygen atoms in total. The zero-order chi connectivity index (χ0) is 16.4. The molecule has 0 N–H and O–H groups in total. The average Bonchev–Trinajstić information content (AvgIpc) is 2.88. The van der Waals surface area contributed by atoms with Crippen molar-refractivity contribution in [2.45, 2.75) is 12.5 Å². The van der Waals surface area contributed by atoms with Gasteiger partial charge in [0, 0.05) is 19.7 Å². The standard InChI is InChI=1S/C17H20N2O3S/c1-17(13-6-4-3-5-7-13)12-19(8-9-22-17)14(20)10-16-18(2)15(21)11-23-16/h3-7,10H,8-9,11-12H2,1-2H3. The van der Waals surface area contributed by atoms with Crippen LogP contribution >= 0.6 is 11.8 Å². The van der Waals surface area contributed by atoms with Gasteiger partial charge in [0.25, 0.3) is 0 Å². The molecule has 2 saturated heterocycles. The summed E-state index contributed by atoms with van der Waals surface area (Å²) >= 11 is 1.41. The number of carbonyl (C=O) groups excluding carboxylic acids is 2. The molecule has 2 fully saturated rings. The van der Waals surface area contributed by atoms with Gasteiger partial charge in [0.2, 0.25) is 11.8 Å². The summed E-state index contributed by atoms with van der Waals surface area (Å²) in [7, 11) is 1.70. The van der Waals surface area contributed by atoms with E-state index in [1.807, 2.05) is 37.3 Å². The van der Waals surface area contributed by atoms with E-state index in [2.05, 4.69) is 0 Å². The van der Waals surface area contributed by atoms with E-state index in [0.29, 0.717) is 30.5 Å². The quantitative estimate of drug-likeness (QED) is 0.775. The Kier molecular flexibility index (Phi) is 4.46. The Bertz CT molecular complexity index is 646. The van der Waals surface area contributed by atoms with Crippen LogP contribution in [0.2, 0.25) is 0 Å². The molecule has 2 amide bonds. The Morgan fingerprint density at radius 3 is 2.74 bits per heavy atom. The Hall–Kier alpha value is -1.79. The zero-order valence-electron chi connectivity index (χ0n) is 13.3. The minimum absolute atomic E-state index is 0.0325. The van der Waals surface area contributed by atoms with E-state index in [1.165, 1.54) is 11.8 Å². The molecule has 1 unspecified atom stereocenters. The van der Waals surface area contributed by atoms with E-state index in [1.54, 1.807) is 22.9 Å². The van der Waals surface area contributed by atoms with Crippen LogP contribution in [0.3, 0.4) is 0 Å². The zero-order valence-corrected chi connectivity index (χ0v) is 14.1. The Labute approximate surface area is 140 Å². The molecule has 0 spiro atoms. The SMILES string of the molecule is CN1C(=O)CSC1=CC(=O)N1CCOC(C)(c2ccccc2)C1. The Balaban J connectivity index is 1.75. The molecule has 2 heterocycles. The molecule has 1 aromatic rings. The number of hydrogen-bond donors (Lipinski definition) is 0. The van der Waals surface area contributed by atoms with Crippen LogP contribution in [0.5, 0.6) is 0 Å². The first-order valence-electron chi connectivity index (χ1n) is 7.59. The molecule has 122 valence electrons. The molecular weight excluding hydrogens is 312 g/mol. The summed E-state index contributed by atoms with van der Waals surface area (Å²) < 4.78 is 5.96. The molecule has 0 saturated carbocycles. The first-order chi connectivity index (χ1) is 11.0. The minimum atomic E-state index is -0.502. The van der Waals surface area contributed by atoms with Gasteiger partial charge in [0.1, 0.15) is 5.60 Å². The fourth-order valence-electron chi connectivity index (χ4n) is 2.81. The third kappa shape index (κ3) is 3.28. The summed E-state index contributed by atoms with van der Waals surface area (Å²) in [5.74, 6) is 0.366. The van der Waals surface area contributed by atoms with Gasteiger partial charge < -0.3 is 14.5 Å². The highest BCUT2D eigenvalue weighted by Gasteiger charge is 2.35. The fraction of sp³-hybridized carbons (Fsp3) is 0.412. The molecule has 0 aliphatic carbocycles. The molecule has 0 radical (unpaired) electrons. The smallest absolute Gasteiger partial charge is 0.249 e. The second-order valence-electron chi connectivity index (χ2n) is 5.93. The summed E-state index contributed by atoms with van der Waals surface area (Å²) in [4.78, 5) is 27.5. The van der Waals surface area contributed by atoms with Gasteiger partial charge >= 0.3 is 0 Å². The molecule has 2 aliphatic heterocycles. The number of rotatable bonds is 2. The van der Waals surface area contributed by atoms with Crippen molar-refractivity contribution in [3.8, 4) is 0 Å². The Morgan fingerprint density at radius 1 is 1.35 bits per heavy atom. The molecule has 2 aliphatic rings. The third-order valence-electron chi connectivity index (χ3n) is 4.27. The number of carbonyl (C=O) groups is 2. The first-order valence-corrected chi connectivity index (χ1v) is 8.58. The van der Waals surface area contributed by atoms with Crippen molar-refractivity contribution in [1.29, 1.82) is 0 Å². The molecule has 6 heteroatoms. The predicted molar refractivity (Wildman–Crippen MR) is 89.6 cm³/mol. The Morgan fingerprint density at radius 2 is 2.09 bits per heavy atom. The van der Waals surface area contributed by atoms with E-state index in [-0.39, 0.29) is 11.8 Å². The van der Waals surface area contributed by atoms with E-state index in [0.717, 1.165) is 5.56 Å². The van der Waals surface area contributed by atoms with Gasteiger partial charge in [-0.15, -0.1) is 0 Å². The molecule has 1 aromatic carbocycles. The van der Waals surface area contributed by atoms with Crippen LogP contribution in [0.4, 0.5) is 0 Å². The normalized spacial score (nSPS) is 26.9. The number of hydrogen-bond acceptors (Lipinski definition) is 4. The second-order valence-corrected chi connectivity index (χ2v) is 6.92. The molecule has 23 heavy (non-hydrogen) atoms. The highest BCUT2D eigenvalue weighted by molar-refractivity contribution is 8.04. The molecule has 1 atom stereocenters. The highest BCUT2D eigenvalue weighted by atomic mass is 32.2. The maximum atomic E-state index is 12.6. The summed E-state index contributed by atoms with van der Waals surface area (Å²) in [5.41, 5.74) is 0.561. The summed E-state index contributed by atoms with van der Waals surface area (Å²) in [6.07, 6.45) is 1.56. The van der Waals surface area contributed by atoms with E-state index in [9.17, 15) is 9.59 Å². The van der Waals surface area contributed by atoms with Gasteiger partial charge in [-0.05, 0) is 12.5 Å². The number of amides is 2. The lowest BCUT2D eigenvalue weighted by molar-refractivity contribution is -0.144. The van der Waals surface area contributed by atoms with Gasteiger partial charge in [0.05, 0.1) is 23.9 Å². The number of thioether (sulfide) groups is 1. The average molecular weight is 332 g/mol. The maximum Gasteiger partial charge on any atom is 0.249 e. The maximum absolute atomic E-state index is 12.6. The lowest BCUT2D eigenvalue weighted by atomic mass is 9.94. The molecule has 0 aromatic heterocycles. The van der Waals surface area contributed by atoms with Crippen molar-refractivity contribution >= 4 is 23.6 Å². The van der Waals surface area contributed by atoms with Crippen molar-refractivity contribution in [3.63, 3.8) is 0 Å². The number of nitrogens with zero attached hydrogens (tertiary/aromatic N) is 2. The summed E-state index contributed by atoms with van der Waals surface area (Å²) in [6, 6.07) is 9.95. The van der Waals surface area contributed by atoms with Gasteiger partial charge in [-0.2, -0.15) is 0 Å². The van der Waals surface area contributed by atoms with Gasteiger partial charge in [-0.3, -0.25) is 9.59 Å². The van der Waals surface area contributed by atoms with Crippen LogP contribution in [0.1, 0.15) is 12.5 Å². The van der Waals surface area contributed by atoms with E-state index >= 15 is 0 Å². The predicted octanol–water partition coefficient (Wildman–Crippen LogP) is 1.81.